The SMILES string of the molecule is CCOC(=O)C1CCCN1C(=O)N1CC(O)CC1C(=O)O. The van der Waals surface area contributed by atoms with Crippen LogP contribution in [0, 0.1) is 0 Å². The molecule has 21 heavy (non-hydrogen) atoms. The van der Waals surface area contributed by atoms with Gasteiger partial charge in [-0.15, -0.1) is 0 Å². The van der Waals surface area contributed by atoms with Crippen molar-refractivity contribution in [3.05, 3.63) is 0 Å². The number of rotatable bonds is 3. The second-order valence-corrected chi connectivity index (χ2v) is 5.28. The van der Waals surface area contributed by atoms with Crippen LogP contribution in [0.5, 0.6) is 0 Å². The van der Waals surface area contributed by atoms with Gasteiger partial charge in [0.05, 0.1) is 12.7 Å². The molecule has 2 aliphatic heterocycles. The van der Waals surface area contributed by atoms with E-state index < -0.39 is 36.2 Å². The summed E-state index contributed by atoms with van der Waals surface area (Å²) in [6.45, 7) is 2.29. The van der Waals surface area contributed by atoms with Gasteiger partial charge in [0.2, 0.25) is 0 Å². The van der Waals surface area contributed by atoms with Crippen molar-refractivity contribution in [2.75, 3.05) is 19.7 Å². The number of ether oxygens (including phenoxy) is 1. The number of β-amino-alcohol motifs (C(OH)–C–C–N with tert-alkyl or cyclic N) is 1. The van der Waals surface area contributed by atoms with E-state index in [2.05, 4.69) is 0 Å². The highest BCUT2D eigenvalue weighted by Crippen LogP contribution is 2.25. The summed E-state index contributed by atoms with van der Waals surface area (Å²) in [5.74, 6) is -1.61. The summed E-state index contributed by atoms with van der Waals surface area (Å²) in [5, 5.41) is 18.7. The number of aliphatic hydroxyl groups excluding tert-OH is 1. The van der Waals surface area contributed by atoms with Gasteiger partial charge in [-0.2, -0.15) is 0 Å². The standard InChI is InChI=1S/C13H20N2O6/c1-2-21-12(19)9-4-3-5-14(9)13(20)15-7-8(16)6-10(15)11(17)18/h8-10,16H,2-7H2,1H3,(H,17,18). The number of amides is 2. The van der Waals surface area contributed by atoms with E-state index in [1.165, 1.54) is 4.90 Å². The van der Waals surface area contributed by atoms with Crippen LogP contribution in [0.1, 0.15) is 26.2 Å². The fourth-order valence-corrected chi connectivity index (χ4v) is 2.90. The summed E-state index contributed by atoms with van der Waals surface area (Å²) >= 11 is 0. The van der Waals surface area contributed by atoms with E-state index in [-0.39, 0.29) is 19.6 Å². The Morgan fingerprint density at radius 1 is 1.24 bits per heavy atom. The number of carbonyl (C=O) groups excluding carboxylic acids is 2. The van der Waals surface area contributed by atoms with Crippen LogP contribution in [-0.4, -0.2) is 75.9 Å². The van der Waals surface area contributed by atoms with Crippen LogP contribution >= 0.6 is 0 Å². The second kappa shape index (κ2) is 6.30. The Bertz CT molecular complexity index is 440. The van der Waals surface area contributed by atoms with Crippen molar-refractivity contribution >= 4 is 18.0 Å². The molecule has 0 aliphatic carbocycles. The summed E-state index contributed by atoms with van der Waals surface area (Å²) in [5.41, 5.74) is 0. The minimum atomic E-state index is -1.15. The van der Waals surface area contributed by atoms with Crippen molar-refractivity contribution in [3.8, 4) is 0 Å². The van der Waals surface area contributed by atoms with Crippen LogP contribution in [0.15, 0.2) is 0 Å². The molecular weight excluding hydrogens is 280 g/mol. The Hall–Kier alpha value is -1.83. The van der Waals surface area contributed by atoms with Crippen LogP contribution in [0.25, 0.3) is 0 Å². The maximum absolute atomic E-state index is 12.5. The van der Waals surface area contributed by atoms with Crippen LogP contribution in [0.4, 0.5) is 4.79 Å². The smallest absolute Gasteiger partial charge is 0.328 e. The van der Waals surface area contributed by atoms with Gasteiger partial charge in [-0.05, 0) is 19.8 Å². The van der Waals surface area contributed by atoms with Gasteiger partial charge in [0, 0.05) is 19.5 Å². The molecule has 2 saturated heterocycles. The Balaban J connectivity index is 2.11. The number of urea groups is 1. The zero-order chi connectivity index (χ0) is 15.6. The molecule has 8 heteroatoms. The Morgan fingerprint density at radius 2 is 1.95 bits per heavy atom. The first-order valence-electron chi connectivity index (χ1n) is 7.10. The molecule has 2 fully saturated rings. The van der Waals surface area contributed by atoms with Crippen LogP contribution in [0.2, 0.25) is 0 Å². The molecule has 0 bridgehead atoms. The lowest BCUT2D eigenvalue weighted by Crippen LogP contribution is -2.51. The topological polar surface area (TPSA) is 107 Å². The van der Waals surface area contributed by atoms with Crippen LogP contribution in [-0.2, 0) is 14.3 Å². The van der Waals surface area contributed by atoms with Crippen molar-refractivity contribution in [3.63, 3.8) is 0 Å². The number of nitrogens with zero attached hydrogens (tertiary/aromatic N) is 2. The molecule has 2 amide bonds. The van der Waals surface area contributed by atoms with Gasteiger partial charge in [0.25, 0.3) is 0 Å². The predicted octanol–water partition coefficient (Wildman–Crippen LogP) is -0.346. The summed E-state index contributed by atoms with van der Waals surface area (Å²) in [6, 6.07) is -2.23. The van der Waals surface area contributed by atoms with E-state index in [9.17, 15) is 19.5 Å². The van der Waals surface area contributed by atoms with Crippen molar-refractivity contribution in [1.29, 1.82) is 0 Å². The Kier molecular flexibility index (Phi) is 4.66. The summed E-state index contributed by atoms with van der Waals surface area (Å²) < 4.78 is 4.95. The molecule has 0 aromatic carbocycles. The molecule has 2 N–H and O–H groups in total. The van der Waals surface area contributed by atoms with Crippen molar-refractivity contribution in [2.45, 2.75) is 44.4 Å². The second-order valence-electron chi connectivity index (χ2n) is 5.28. The van der Waals surface area contributed by atoms with Crippen molar-refractivity contribution < 1.29 is 29.3 Å². The van der Waals surface area contributed by atoms with Gasteiger partial charge in [-0.25, -0.2) is 14.4 Å². The molecule has 0 spiro atoms. The summed E-state index contributed by atoms with van der Waals surface area (Å²) in [7, 11) is 0. The highest BCUT2D eigenvalue weighted by atomic mass is 16.5. The molecule has 2 aliphatic rings. The van der Waals surface area contributed by atoms with Crippen LogP contribution in [0.3, 0.4) is 0 Å². The maximum atomic E-state index is 12.5. The lowest BCUT2D eigenvalue weighted by molar-refractivity contribution is -0.147. The number of carboxylic acids is 1. The van der Waals surface area contributed by atoms with Gasteiger partial charge in [0.15, 0.2) is 0 Å². The molecule has 0 radical (unpaired) electrons. The van der Waals surface area contributed by atoms with Gasteiger partial charge in [-0.3, -0.25) is 0 Å². The average molecular weight is 300 g/mol. The van der Waals surface area contributed by atoms with Crippen molar-refractivity contribution in [2.24, 2.45) is 0 Å². The first-order valence-corrected chi connectivity index (χ1v) is 7.10. The summed E-state index contributed by atoms with van der Waals surface area (Å²) in [6.07, 6.45) is 0.347. The number of aliphatic carboxylic acids is 1. The lowest BCUT2D eigenvalue weighted by atomic mass is 10.2. The largest absolute Gasteiger partial charge is 0.480 e. The fourth-order valence-electron chi connectivity index (χ4n) is 2.90. The predicted molar refractivity (Wildman–Crippen MR) is 70.5 cm³/mol. The molecule has 0 aromatic heterocycles. The van der Waals surface area contributed by atoms with E-state index in [0.29, 0.717) is 19.4 Å². The monoisotopic (exact) mass is 300 g/mol. The highest BCUT2D eigenvalue weighted by molar-refractivity contribution is 5.87. The third kappa shape index (κ3) is 3.10. The molecule has 3 unspecified atom stereocenters. The molecule has 2 heterocycles. The molecule has 2 rings (SSSR count). The van der Waals surface area contributed by atoms with Gasteiger partial charge < -0.3 is 24.7 Å². The molecular formula is C13H20N2O6. The number of hydrogen-bond acceptors (Lipinski definition) is 5. The van der Waals surface area contributed by atoms with Crippen molar-refractivity contribution in [1.82, 2.24) is 9.80 Å². The number of likely N-dealkylation sites (tertiary alicyclic amines) is 2. The average Bonchev–Trinajstić information content (AvgIpc) is 3.04. The number of carbonyl (C=O) groups is 3. The third-order valence-electron chi connectivity index (χ3n) is 3.87. The third-order valence-corrected chi connectivity index (χ3v) is 3.87. The van der Waals surface area contributed by atoms with E-state index in [1.807, 2.05) is 0 Å². The lowest BCUT2D eigenvalue weighted by Gasteiger charge is -2.30. The first kappa shape index (κ1) is 15.6. The minimum Gasteiger partial charge on any atom is -0.480 e. The fraction of sp³-hybridized carbons (Fsp3) is 0.769. The quantitative estimate of drug-likeness (QED) is 0.690. The van der Waals surface area contributed by atoms with Gasteiger partial charge >= 0.3 is 18.0 Å². The highest BCUT2D eigenvalue weighted by Gasteiger charge is 2.44. The molecule has 3 atom stereocenters. The zero-order valence-corrected chi connectivity index (χ0v) is 11.9. The molecule has 8 nitrogen and oxygen atoms in total. The normalized spacial score (nSPS) is 28.8. The van der Waals surface area contributed by atoms with Gasteiger partial charge in [0.1, 0.15) is 12.1 Å². The van der Waals surface area contributed by atoms with E-state index in [0.717, 1.165) is 4.90 Å². The molecule has 0 saturated carbocycles. The van der Waals surface area contributed by atoms with Crippen LogP contribution < -0.4 is 0 Å². The maximum Gasteiger partial charge on any atom is 0.328 e. The summed E-state index contributed by atoms with van der Waals surface area (Å²) in [4.78, 5) is 38.0. The number of carboxylic acid groups (broad SMARTS) is 1. The Labute approximate surface area is 122 Å². The number of esters is 1. The minimum absolute atomic E-state index is 0.0129. The first-order chi connectivity index (χ1) is 9.95. The number of aliphatic hydroxyl groups is 1. The molecule has 118 valence electrons. The van der Waals surface area contributed by atoms with E-state index in [4.69, 9.17) is 9.84 Å². The van der Waals surface area contributed by atoms with E-state index in [1.54, 1.807) is 6.92 Å². The Morgan fingerprint density at radius 3 is 2.57 bits per heavy atom. The number of hydrogen-bond donors (Lipinski definition) is 2. The zero-order valence-electron chi connectivity index (χ0n) is 11.9. The molecule has 0 aromatic rings. The van der Waals surface area contributed by atoms with Gasteiger partial charge in [-0.1, -0.05) is 0 Å². The van der Waals surface area contributed by atoms with E-state index >= 15 is 0 Å².